The molecule has 1 aromatic carbocycles. The van der Waals surface area contributed by atoms with Gasteiger partial charge in [0.25, 0.3) is 5.56 Å². The average Bonchev–Trinajstić information content (AvgIpc) is 2.47. The summed E-state index contributed by atoms with van der Waals surface area (Å²) < 4.78 is 0. The highest BCUT2D eigenvalue weighted by atomic mass is 16.1. The Bertz CT molecular complexity index is 656. The smallest absolute Gasteiger partial charge is 0.257 e. The fourth-order valence-electron chi connectivity index (χ4n) is 3.07. The van der Waals surface area contributed by atoms with Gasteiger partial charge in [-0.25, -0.2) is 0 Å². The van der Waals surface area contributed by atoms with Gasteiger partial charge in [-0.05, 0) is 43.2 Å². The molecule has 3 rings (SSSR count). The summed E-state index contributed by atoms with van der Waals surface area (Å²) in [6, 6.07) is 10.6. The summed E-state index contributed by atoms with van der Waals surface area (Å²) in [6.07, 6.45) is 4.30. The molecule has 1 aliphatic carbocycles. The monoisotopic (exact) mass is 271 g/mol. The van der Waals surface area contributed by atoms with Gasteiger partial charge in [-0.1, -0.05) is 18.2 Å². The molecule has 4 heteroatoms. The molecule has 0 aliphatic heterocycles. The fourth-order valence-corrected chi connectivity index (χ4v) is 3.07. The van der Waals surface area contributed by atoms with E-state index < -0.39 is 0 Å². The van der Waals surface area contributed by atoms with E-state index in [1.165, 1.54) is 0 Å². The maximum Gasteiger partial charge on any atom is 0.257 e. The highest BCUT2D eigenvalue weighted by Gasteiger charge is 2.22. The van der Waals surface area contributed by atoms with Gasteiger partial charge in [0.1, 0.15) is 5.82 Å². The van der Waals surface area contributed by atoms with Crippen molar-refractivity contribution in [2.75, 3.05) is 11.9 Å². The minimum absolute atomic E-state index is 0.0162. The Hall–Kier alpha value is -1.81. The molecule has 0 radical (unpaired) electrons. The summed E-state index contributed by atoms with van der Waals surface area (Å²) >= 11 is 0. The molecule has 0 saturated heterocycles. The van der Waals surface area contributed by atoms with Crippen molar-refractivity contribution in [1.82, 2.24) is 4.98 Å². The maximum absolute atomic E-state index is 12.1. The van der Waals surface area contributed by atoms with Crippen molar-refractivity contribution in [2.24, 2.45) is 5.73 Å². The van der Waals surface area contributed by atoms with Gasteiger partial charge in [0, 0.05) is 24.5 Å². The number of pyridine rings is 1. The zero-order valence-electron chi connectivity index (χ0n) is 11.8. The van der Waals surface area contributed by atoms with Gasteiger partial charge in [-0.2, -0.15) is 0 Å². The first-order valence-corrected chi connectivity index (χ1v) is 7.25. The molecule has 0 bridgehead atoms. The number of aromatic amines is 1. The lowest BCUT2D eigenvalue weighted by Crippen LogP contribution is -2.39. The molecule has 1 heterocycles. The van der Waals surface area contributed by atoms with Crippen molar-refractivity contribution in [3.8, 4) is 0 Å². The van der Waals surface area contributed by atoms with Crippen LogP contribution in [0.25, 0.3) is 10.8 Å². The van der Waals surface area contributed by atoms with Crippen LogP contribution >= 0.6 is 0 Å². The molecule has 3 N–H and O–H groups in total. The van der Waals surface area contributed by atoms with Gasteiger partial charge in [0.15, 0.2) is 0 Å². The lowest BCUT2D eigenvalue weighted by molar-refractivity contribution is 0.384. The predicted octanol–water partition coefficient (Wildman–Crippen LogP) is 2.23. The SMILES string of the molecule is CN(c1cc2ccccc2c(=O)[nH]1)C1CCC(N)CC1. The number of nitrogens with two attached hydrogens (primary N) is 1. The van der Waals surface area contributed by atoms with Crippen molar-refractivity contribution in [1.29, 1.82) is 0 Å². The molecule has 1 fully saturated rings. The van der Waals surface area contributed by atoms with Crippen LogP contribution in [0.2, 0.25) is 0 Å². The molecule has 4 nitrogen and oxygen atoms in total. The average molecular weight is 271 g/mol. The molecule has 1 saturated carbocycles. The minimum atomic E-state index is -0.0162. The maximum atomic E-state index is 12.1. The lowest BCUT2D eigenvalue weighted by atomic mass is 9.91. The molecule has 0 spiro atoms. The van der Waals surface area contributed by atoms with Crippen LogP contribution in [0.4, 0.5) is 5.82 Å². The minimum Gasteiger partial charge on any atom is -0.358 e. The number of nitrogens with one attached hydrogen (secondary N) is 1. The van der Waals surface area contributed by atoms with Crippen molar-refractivity contribution >= 4 is 16.6 Å². The van der Waals surface area contributed by atoms with E-state index in [9.17, 15) is 4.79 Å². The predicted molar refractivity (Wildman–Crippen MR) is 83.2 cm³/mol. The van der Waals surface area contributed by atoms with Crippen LogP contribution in [0.1, 0.15) is 25.7 Å². The van der Waals surface area contributed by atoms with Gasteiger partial charge in [-0.15, -0.1) is 0 Å². The van der Waals surface area contributed by atoms with E-state index in [2.05, 4.69) is 23.0 Å². The second-order valence-electron chi connectivity index (χ2n) is 5.75. The van der Waals surface area contributed by atoms with Crippen LogP contribution in [0.15, 0.2) is 35.1 Å². The quantitative estimate of drug-likeness (QED) is 0.880. The second kappa shape index (κ2) is 5.29. The van der Waals surface area contributed by atoms with Crippen molar-refractivity contribution in [3.05, 3.63) is 40.7 Å². The summed E-state index contributed by atoms with van der Waals surface area (Å²) in [7, 11) is 2.06. The highest BCUT2D eigenvalue weighted by Crippen LogP contribution is 2.25. The van der Waals surface area contributed by atoms with Crippen LogP contribution in [-0.4, -0.2) is 24.1 Å². The highest BCUT2D eigenvalue weighted by molar-refractivity contribution is 5.83. The Balaban J connectivity index is 1.92. The summed E-state index contributed by atoms with van der Waals surface area (Å²) in [5.41, 5.74) is 5.94. The lowest BCUT2D eigenvalue weighted by Gasteiger charge is -2.34. The Labute approximate surface area is 118 Å². The number of hydrogen-bond donors (Lipinski definition) is 2. The second-order valence-corrected chi connectivity index (χ2v) is 5.75. The molecule has 1 aromatic heterocycles. The van der Waals surface area contributed by atoms with E-state index in [4.69, 9.17) is 5.73 Å². The summed E-state index contributed by atoms with van der Waals surface area (Å²) in [4.78, 5) is 17.3. The third-order valence-electron chi connectivity index (χ3n) is 4.41. The van der Waals surface area contributed by atoms with Crippen LogP contribution in [0.3, 0.4) is 0 Å². The van der Waals surface area contributed by atoms with Crippen LogP contribution < -0.4 is 16.2 Å². The number of H-pyrrole nitrogens is 1. The third kappa shape index (κ3) is 2.43. The summed E-state index contributed by atoms with van der Waals surface area (Å²) in [5.74, 6) is 0.897. The number of hydrogen-bond acceptors (Lipinski definition) is 3. The first kappa shape index (κ1) is 13.2. The molecule has 0 unspecified atom stereocenters. The number of benzene rings is 1. The molecule has 1 aliphatic rings. The van der Waals surface area contributed by atoms with Gasteiger partial charge in [0.2, 0.25) is 0 Å². The molecule has 0 atom stereocenters. The molecule has 2 aromatic rings. The van der Waals surface area contributed by atoms with Gasteiger partial charge in [0.05, 0.1) is 0 Å². The van der Waals surface area contributed by atoms with Crippen molar-refractivity contribution in [3.63, 3.8) is 0 Å². The topological polar surface area (TPSA) is 62.1 Å². The van der Waals surface area contributed by atoms with E-state index in [-0.39, 0.29) is 5.56 Å². The van der Waals surface area contributed by atoms with E-state index in [1.807, 2.05) is 24.3 Å². The van der Waals surface area contributed by atoms with E-state index >= 15 is 0 Å². The van der Waals surface area contributed by atoms with Crippen molar-refractivity contribution in [2.45, 2.75) is 37.8 Å². The van der Waals surface area contributed by atoms with Gasteiger partial charge >= 0.3 is 0 Å². The first-order valence-electron chi connectivity index (χ1n) is 7.25. The third-order valence-corrected chi connectivity index (χ3v) is 4.41. The standard InChI is InChI=1S/C16H21N3O/c1-19(13-8-6-12(17)7-9-13)15-10-11-4-2-3-5-14(11)16(20)18-15/h2-5,10,12-13H,6-9,17H2,1H3,(H,18,20). The van der Waals surface area contributed by atoms with E-state index in [1.54, 1.807) is 0 Å². The zero-order valence-corrected chi connectivity index (χ0v) is 11.8. The molecular formula is C16H21N3O. The van der Waals surface area contributed by atoms with E-state index in [0.717, 1.165) is 42.3 Å². The molecular weight excluding hydrogens is 250 g/mol. The van der Waals surface area contributed by atoms with Crippen LogP contribution in [0.5, 0.6) is 0 Å². The largest absolute Gasteiger partial charge is 0.358 e. The number of rotatable bonds is 2. The molecule has 20 heavy (non-hydrogen) atoms. The number of aromatic nitrogens is 1. The number of anilines is 1. The zero-order chi connectivity index (χ0) is 14.1. The van der Waals surface area contributed by atoms with Crippen molar-refractivity contribution < 1.29 is 0 Å². The Kier molecular flexibility index (Phi) is 3.49. The number of fused-ring (bicyclic) bond motifs is 1. The van der Waals surface area contributed by atoms with Crippen LogP contribution in [0, 0.1) is 0 Å². The summed E-state index contributed by atoms with van der Waals surface area (Å²) in [6.45, 7) is 0. The summed E-state index contributed by atoms with van der Waals surface area (Å²) in [5, 5.41) is 1.74. The first-order chi connectivity index (χ1) is 9.65. The normalized spacial score (nSPS) is 22.9. The Morgan fingerprint density at radius 2 is 1.90 bits per heavy atom. The Morgan fingerprint density at radius 1 is 1.20 bits per heavy atom. The Morgan fingerprint density at radius 3 is 2.65 bits per heavy atom. The van der Waals surface area contributed by atoms with E-state index in [0.29, 0.717) is 12.1 Å². The molecule has 0 amide bonds. The number of nitrogens with zero attached hydrogens (tertiary/aromatic N) is 1. The molecule has 106 valence electrons. The fraction of sp³-hybridized carbons (Fsp3) is 0.438. The van der Waals surface area contributed by atoms with Gasteiger partial charge < -0.3 is 15.6 Å². The van der Waals surface area contributed by atoms with Gasteiger partial charge in [-0.3, -0.25) is 4.79 Å². The van der Waals surface area contributed by atoms with Crippen LogP contribution in [-0.2, 0) is 0 Å².